The normalized spacial score (nSPS) is 8.36. The average Bonchev–Trinajstić information content (AvgIpc) is 1.88. The van der Waals surface area contributed by atoms with Crippen molar-refractivity contribution in [2.75, 3.05) is 5.73 Å². The summed E-state index contributed by atoms with van der Waals surface area (Å²) in [6.45, 7) is 0. The van der Waals surface area contributed by atoms with Gasteiger partial charge in [0.1, 0.15) is 0 Å². The van der Waals surface area contributed by atoms with Gasteiger partial charge in [-0.05, 0) is 18.2 Å². The lowest BCUT2D eigenvalue weighted by Crippen LogP contribution is -1.96. The SMILES string of the molecule is N.Nc1cccc(C(=O)O)c1. The Labute approximate surface area is 64.2 Å². The molecule has 4 heteroatoms. The molecule has 1 aromatic rings. The van der Waals surface area contributed by atoms with Gasteiger partial charge in [0, 0.05) is 5.69 Å². The van der Waals surface area contributed by atoms with Crippen molar-refractivity contribution in [1.82, 2.24) is 6.15 Å². The molecule has 6 N–H and O–H groups in total. The van der Waals surface area contributed by atoms with Crippen LogP contribution in [0.3, 0.4) is 0 Å². The van der Waals surface area contributed by atoms with E-state index in [1.54, 1.807) is 12.1 Å². The molecule has 0 heterocycles. The molecule has 0 unspecified atom stereocenters. The van der Waals surface area contributed by atoms with Crippen LogP contribution in [0.15, 0.2) is 24.3 Å². The lowest BCUT2D eigenvalue weighted by Gasteiger charge is -1.93. The third-order valence-electron chi connectivity index (χ3n) is 1.13. The van der Waals surface area contributed by atoms with Crippen LogP contribution in [0.2, 0.25) is 0 Å². The minimum Gasteiger partial charge on any atom is -0.478 e. The molecule has 0 aliphatic carbocycles. The highest BCUT2D eigenvalue weighted by Gasteiger charge is 1.99. The van der Waals surface area contributed by atoms with Crippen LogP contribution in [-0.4, -0.2) is 11.1 Å². The van der Waals surface area contributed by atoms with Gasteiger partial charge < -0.3 is 17.0 Å². The van der Waals surface area contributed by atoms with E-state index in [-0.39, 0.29) is 11.7 Å². The summed E-state index contributed by atoms with van der Waals surface area (Å²) in [5, 5.41) is 8.45. The van der Waals surface area contributed by atoms with Gasteiger partial charge >= 0.3 is 5.97 Å². The standard InChI is InChI=1S/C7H7NO2.H3N/c8-6-3-1-2-5(4-6)7(9)10;/h1-4H,8H2,(H,9,10);1H3. The fraction of sp³-hybridized carbons (Fsp3) is 0. The van der Waals surface area contributed by atoms with E-state index in [4.69, 9.17) is 10.8 Å². The first-order valence-corrected chi connectivity index (χ1v) is 2.79. The van der Waals surface area contributed by atoms with E-state index in [9.17, 15) is 4.79 Å². The summed E-state index contributed by atoms with van der Waals surface area (Å²) in [6.07, 6.45) is 0. The summed E-state index contributed by atoms with van der Waals surface area (Å²) in [6, 6.07) is 6.17. The fourth-order valence-corrected chi connectivity index (χ4v) is 0.672. The van der Waals surface area contributed by atoms with Crippen molar-refractivity contribution >= 4 is 11.7 Å². The van der Waals surface area contributed by atoms with Crippen LogP contribution in [0.25, 0.3) is 0 Å². The van der Waals surface area contributed by atoms with Crippen LogP contribution in [0.1, 0.15) is 10.4 Å². The minimum atomic E-state index is -0.952. The molecule has 0 aromatic heterocycles. The number of anilines is 1. The summed E-state index contributed by atoms with van der Waals surface area (Å²) in [4.78, 5) is 10.3. The van der Waals surface area contributed by atoms with Crippen LogP contribution >= 0.6 is 0 Å². The van der Waals surface area contributed by atoms with Gasteiger partial charge in [0.2, 0.25) is 0 Å². The molecule has 11 heavy (non-hydrogen) atoms. The van der Waals surface area contributed by atoms with Crippen molar-refractivity contribution in [3.8, 4) is 0 Å². The summed E-state index contributed by atoms with van der Waals surface area (Å²) in [5.41, 5.74) is 6.03. The number of hydrogen-bond acceptors (Lipinski definition) is 3. The second-order valence-electron chi connectivity index (χ2n) is 1.93. The molecule has 0 aliphatic heterocycles. The number of hydrogen-bond donors (Lipinski definition) is 3. The molecular formula is C7H10N2O2. The van der Waals surface area contributed by atoms with Crippen molar-refractivity contribution in [1.29, 1.82) is 0 Å². The summed E-state index contributed by atoms with van der Waals surface area (Å²) < 4.78 is 0. The van der Waals surface area contributed by atoms with Gasteiger partial charge in [0.25, 0.3) is 0 Å². The molecule has 0 saturated heterocycles. The van der Waals surface area contributed by atoms with E-state index in [1.807, 2.05) is 0 Å². The topological polar surface area (TPSA) is 98.3 Å². The van der Waals surface area contributed by atoms with Crippen molar-refractivity contribution in [2.24, 2.45) is 0 Å². The molecular weight excluding hydrogens is 144 g/mol. The van der Waals surface area contributed by atoms with Crippen molar-refractivity contribution in [3.05, 3.63) is 29.8 Å². The van der Waals surface area contributed by atoms with Gasteiger partial charge in [-0.15, -0.1) is 0 Å². The lowest BCUT2D eigenvalue weighted by atomic mass is 10.2. The van der Waals surface area contributed by atoms with E-state index in [0.29, 0.717) is 5.69 Å². The van der Waals surface area contributed by atoms with E-state index >= 15 is 0 Å². The Bertz CT molecular complexity index is 260. The van der Waals surface area contributed by atoms with Crippen LogP contribution in [0, 0.1) is 0 Å². The number of aromatic carboxylic acids is 1. The van der Waals surface area contributed by atoms with Crippen LogP contribution in [-0.2, 0) is 0 Å². The molecule has 0 atom stereocenters. The second-order valence-corrected chi connectivity index (χ2v) is 1.93. The van der Waals surface area contributed by atoms with Crippen molar-refractivity contribution < 1.29 is 9.90 Å². The van der Waals surface area contributed by atoms with Crippen LogP contribution < -0.4 is 11.9 Å². The van der Waals surface area contributed by atoms with E-state index in [0.717, 1.165) is 0 Å². The first-order chi connectivity index (χ1) is 4.70. The first-order valence-electron chi connectivity index (χ1n) is 2.79. The molecule has 0 aliphatic rings. The number of carboxylic acid groups (broad SMARTS) is 1. The maximum atomic E-state index is 10.3. The third kappa shape index (κ3) is 2.27. The van der Waals surface area contributed by atoms with Crippen LogP contribution in [0.5, 0.6) is 0 Å². The second kappa shape index (κ2) is 3.58. The molecule has 1 rings (SSSR count). The molecule has 0 bridgehead atoms. The Hall–Kier alpha value is -1.55. The average molecular weight is 154 g/mol. The fourth-order valence-electron chi connectivity index (χ4n) is 0.672. The van der Waals surface area contributed by atoms with Gasteiger partial charge in [-0.3, -0.25) is 0 Å². The Morgan fingerprint density at radius 3 is 2.45 bits per heavy atom. The molecule has 1 aromatic carbocycles. The highest BCUT2D eigenvalue weighted by Crippen LogP contribution is 2.05. The van der Waals surface area contributed by atoms with E-state index < -0.39 is 5.97 Å². The van der Waals surface area contributed by atoms with Gasteiger partial charge in [0.05, 0.1) is 5.56 Å². The van der Waals surface area contributed by atoms with Gasteiger partial charge in [0.15, 0.2) is 0 Å². The van der Waals surface area contributed by atoms with Gasteiger partial charge in [-0.2, -0.15) is 0 Å². The minimum absolute atomic E-state index is 0. The highest BCUT2D eigenvalue weighted by molar-refractivity contribution is 5.88. The Kier molecular flexibility index (Phi) is 3.07. The van der Waals surface area contributed by atoms with Gasteiger partial charge in [-0.1, -0.05) is 6.07 Å². The molecule has 0 fully saturated rings. The monoisotopic (exact) mass is 154 g/mol. The van der Waals surface area contributed by atoms with Crippen molar-refractivity contribution in [2.45, 2.75) is 0 Å². The van der Waals surface area contributed by atoms with Crippen LogP contribution in [0.4, 0.5) is 5.69 Å². The number of carbonyl (C=O) groups is 1. The maximum Gasteiger partial charge on any atom is 0.335 e. The summed E-state index contributed by atoms with van der Waals surface area (Å²) >= 11 is 0. The Balaban J connectivity index is 0.000001000. The largest absolute Gasteiger partial charge is 0.478 e. The zero-order chi connectivity index (χ0) is 7.56. The molecule has 0 amide bonds. The third-order valence-corrected chi connectivity index (χ3v) is 1.13. The smallest absolute Gasteiger partial charge is 0.335 e. The van der Waals surface area contributed by atoms with Gasteiger partial charge in [-0.25, -0.2) is 4.79 Å². The Morgan fingerprint density at radius 1 is 1.45 bits per heavy atom. The lowest BCUT2D eigenvalue weighted by molar-refractivity contribution is 0.0697. The predicted octanol–water partition coefficient (Wildman–Crippen LogP) is 1.13. The predicted molar refractivity (Wildman–Crippen MR) is 42.8 cm³/mol. The Morgan fingerprint density at radius 2 is 2.09 bits per heavy atom. The quantitative estimate of drug-likeness (QED) is 0.528. The van der Waals surface area contributed by atoms with E-state index in [2.05, 4.69) is 0 Å². The molecule has 60 valence electrons. The van der Waals surface area contributed by atoms with Crippen molar-refractivity contribution in [3.63, 3.8) is 0 Å². The zero-order valence-electron chi connectivity index (χ0n) is 5.95. The maximum absolute atomic E-state index is 10.3. The van der Waals surface area contributed by atoms with E-state index in [1.165, 1.54) is 12.1 Å². The molecule has 0 spiro atoms. The first kappa shape index (κ1) is 9.45. The number of nitrogen functional groups attached to an aromatic ring is 1. The number of nitrogens with two attached hydrogens (primary N) is 1. The highest BCUT2D eigenvalue weighted by atomic mass is 16.4. The summed E-state index contributed by atoms with van der Waals surface area (Å²) in [7, 11) is 0. The molecule has 0 radical (unpaired) electrons. The molecule has 0 saturated carbocycles. The number of rotatable bonds is 1. The molecule has 4 nitrogen and oxygen atoms in total. The number of carboxylic acids is 1. The summed E-state index contributed by atoms with van der Waals surface area (Å²) in [5.74, 6) is -0.952. The number of benzene rings is 1. The zero-order valence-corrected chi connectivity index (χ0v) is 5.95.